The van der Waals surface area contributed by atoms with Crippen LogP contribution in [0.5, 0.6) is 0 Å². The second-order valence-electron chi connectivity index (χ2n) is 3.83. The molecule has 1 aliphatic heterocycles. The van der Waals surface area contributed by atoms with E-state index in [1.165, 1.54) is 0 Å². The quantitative estimate of drug-likeness (QED) is 0.568. The number of furan rings is 1. The Labute approximate surface area is 83.3 Å². The van der Waals surface area contributed by atoms with Gasteiger partial charge in [-0.2, -0.15) is 0 Å². The molecular formula is C10H16N2O2. The highest BCUT2D eigenvalue weighted by molar-refractivity contribution is 4.99. The number of rotatable bonds is 5. The summed E-state index contributed by atoms with van der Waals surface area (Å²) >= 11 is 0. The van der Waals surface area contributed by atoms with E-state index in [4.69, 9.17) is 4.42 Å². The summed E-state index contributed by atoms with van der Waals surface area (Å²) in [5.74, 6) is 0.983. The summed E-state index contributed by atoms with van der Waals surface area (Å²) in [7, 11) is 0. The van der Waals surface area contributed by atoms with Crippen LogP contribution in [-0.4, -0.2) is 36.9 Å². The van der Waals surface area contributed by atoms with Crippen LogP contribution in [0.3, 0.4) is 0 Å². The average Bonchev–Trinajstić information content (AvgIpc) is 2.62. The van der Waals surface area contributed by atoms with Crippen molar-refractivity contribution in [3.8, 4) is 0 Å². The van der Waals surface area contributed by atoms with Crippen LogP contribution in [0.1, 0.15) is 5.76 Å². The molecule has 0 saturated carbocycles. The van der Waals surface area contributed by atoms with E-state index in [1.54, 1.807) is 6.26 Å². The molecule has 0 radical (unpaired) electrons. The molecule has 0 atom stereocenters. The van der Waals surface area contributed by atoms with Gasteiger partial charge >= 0.3 is 0 Å². The van der Waals surface area contributed by atoms with E-state index in [-0.39, 0.29) is 0 Å². The fraction of sp³-hybridized carbons (Fsp3) is 0.600. The first-order chi connectivity index (χ1) is 6.79. The van der Waals surface area contributed by atoms with Crippen LogP contribution in [0, 0.1) is 0 Å². The number of aliphatic hydroxyl groups is 1. The van der Waals surface area contributed by atoms with E-state index in [2.05, 4.69) is 10.6 Å². The molecular weight excluding hydrogens is 180 g/mol. The Morgan fingerprint density at radius 2 is 2.43 bits per heavy atom. The molecule has 2 heterocycles. The summed E-state index contributed by atoms with van der Waals surface area (Å²) in [6, 6.07) is 3.85. The Morgan fingerprint density at radius 1 is 1.57 bits per heavy atom. The predicted octanol–water partition coefficient (Wildman–Crippen LogP) is -0.254. The molecule has 1 aromatic heterocycles. The molecule has 1 saturated heterocycles. The van der Waals surface area contributed by atoms with Gasteiger partial charge in [0.15, 0.2) is 0 Å². The minimum atomic E-state index is -0.525. The zero-order valence-corrected chi connectivity index (χ0v) is 8.12. The van der Waals surface area contributed by atoms with Gasteiger partial charge < -0.3 is 20.2 Å². The van der Waals surface area contributed by atoms with Crippen molar-refractivity contribution in [2.24, 2.45) is 0 Å². The van der Waals surface area contributed by atoms with Crippen LogP contribution >= 0.6 is 0 Å². The normalized spacial score (nSPS) is 19.2. The van der Waals surface area contributed by atoms with Crippen molar-refractivity contribution in [1.82, 2.24) is 10.6 Å². The van der Waals surface area contributed by atoms with Crippen LogP contribution in [0.2, 0.25) is 0 Å². The SMILES string of the molecule is OC1(CNCCc2ccco2)CNC1. The lowest BCUT2D eigenvalue weighted by Crippen LogP contribution is -2.64. The van der Waals surface area contributed by atoms with Crippen molar-refractivity contribution in [1.29, 1.82) is 0 Å². The van der Waals surface area contributed by atoms with Gasteiger partial charge in [-0.3, -0.25) is 0 Å². The minimum absolute atomic E-state index is 0.525. The highest BCUT2D eigenvalue weighted by Gasteiger charge is 2.33. The summed E-state index contributed by atoms with van der Waals surface area (Å²) in [6.45, 7) is 2.89. The molecule has 2 rings (SSSR count). The zero-order valence-electron chi connectivity index (χ0n) is 8.12. The summed E-state index contributed by atoms with van der Waals surface area (Å²) in [5, 5.41) is 16.0. The molecule has 78 valence electrons. The molecule has 1 aliphatic rings. The lowest BCUT2D eigenvalue weighted by Gasteiger charge is -2.37. The van der Waals surface area contributed by atoms with Crippen molar-refractivity contribution in [3.63, 3.8) is 0 Å². The lowest BCUT2D eigenvalue weighted by atomic mass is 9.97. The maximum Gasteiger partial charge on any atom is 0.105 e. The van der Waals surface area contributed by atoms with Gasteiger partial charge in [0.1, 0.15) is 11.4 Å². The lowest BCUT2D eigenvalue weighted by molar-refractivity contribution is -0.00816. The van der Waals surface area contributed by atoms with Crippen LogP contribution in [0.15, 0.2) is 22.8 Å². The second kappa shape index (κ2) is 4.13. The molecule has 0 aliphatic carbocycles. The topological polar surface area (TPSA) is 57.4 Å². The Kier molecular flexibility index (Phi) is 2.86. The Balaban J connectivity index is 1.59. The van der Waals surface area contributed by atoms with Crippen LogP contribution in [0.25, 0.3) is 0 Å². The number of hydrogen-bond donors (Lipinski definition) is 3. The first kappa shape index (κ1) is 9.71. The maximum atomic E-state index is 9.72. The van der Waals surface area contributed by atoms with Crippen molar-refractivity contribution in [2.75, 3.05) is 26.2 Å². The van der Waals surface area contributed by atoms with E-state index >= 15 is 0 Å². The first-order valence-corrected chi connectivity index (χ1v) is 4.95. The highest BCUT2D eigenvalue weighted by atomic mass is 16.3. The smallest absolute Gasteiger partial charge is 0.105 e. The molecule has 0 aromatic carbocycles. The fourth-order valence-corrected chi connectivity index (χ4v) is 1.53. The first-order valence-electron chi connectivity index (χ1n) is 4.95. The van der Waals surface area contributed by atoms with Gasteiger partial charge in [0, 0.05) is 32.6 Å². The molecule has 0 amide bonds. The van der Waals surface area contributed by atoms with Gasteiger partial charge in [0.05, 0.1) is 6.26 Å². The van der Waals surface area contributed by atoms with Gasteiger partial charge in [-0.1, -0.05) is 0 Å². The summed E-state index contributed by atoms with van der Waals surface area (Å²) < 4.78 is 5.19. The molecule has 4 heteroatoms. The third-order valence-corrected chi connectivity index (χ3v) is 2.49. The van der Waals surface area contributed by atoms with Crippen molar-refractivity contribution < 1.29 is 9.52 Å². The molecule has 0 bridgehead atoms. The van der Waals surface area contributed by atoms with E-state index in [9.17, 15) is 5.11 Å². The van der Waals surface area contributed by atoms with Crippen LogP contribution in [-0.2, 0) is 6.42 Å². The van der Waals surface area contributed by atoms with E-state index in [0.29, 0.717) is 19.6 Å². The second-order valence-corrected chi connectivity index (χ2v) is 3.83. The number of nitrogens with one attached hydrogen (secondary N) is 2. The fourth-order valence-electron chi connectivity index (χ4n) is 1.53. The Morgan fingerprint density at radius 3 is 3.00 bits per heavy atom. The minimum Gasteiger partial charge on any atom is -0.469 e. The van der Waals surface area contributed by atoms with E-state index in [0.717, 1.165) is 18.7 Å². The van der Waals surface area contributed by atoms with Crippen LogP contribution in [0.4, 0.5) is 0 Å². The zero-order chi connectivity index (χ0) is 9.86. The molecule has 4 nitrogen and oxygen atoms in total. The number of β-amino-alcohol motifs (C(OH)–C–C–N with tert-alkyl or cyclic N) is 1. The monoisotopic (exact) mass is 196 g/mol. The molecule has 1 fully saturated rings. The third kappa shape index (κ3) is 2.35. The van der Waals surface area contributed by atoms with Gasteiger partial charge in [0.25, 0.3) is 0 Å². The predicted molar refractivity (Wildman–Crippen MR) is 53.1 cm³/mol. The summed E-state index contributed by atoms with van der Waals surface area (Å²) in [5.41, 5.74) is -0.525. The van der Waals surface area contributed by atoms with Gasteiger partial charge in [0.2, 0.25) is 0 Å². The van der Waals surface area contributed by atoms with E-state index in [1.807, 2.05) is 12.1 Å². The third-order valence-electron chi connectivity index (χ3n) is 2.49. The standard InChI is InChI=1S/C10H16N2O2/c13-10(7-12-8-10)6-11-4-3-9-2-1-5-14-9/h1-2,5,11-13H,3-4,6-8H2. The van der Waals surface area contributed by atoms with Crippen molar-refractivity contribution in [3.05, 3.63) is 24.2 Å². The van der Waals surface area contributed by atoms with Gasteiger partial charge in [-0.05, 0) is 12.1 Å². The van der Waals surface area contributed by atoms with Crippen LogP contribution < -0.4 is 10.6 Å². The van der Waals surface area contributed by atoms with E-state index < -0.39 is 5.60 Å². The Hall–Kier alpha value is -0.840. The highest BCUT2D eigenvalue weighted by Crippen LogP contribution is 2.08. The van der Waals surface area contributed by atoms with Crippen molar-refractivity contribution >= 4 is 0 Å². The summed E-state index contributed by atoms with van der Waals surface area (Å²) in [4.78, 5) is 0. The van der Waals surface area contributed by atoms with Gasteiger partial charge in [-0.25, -0.2) is 0 Å². The van der Waals surface area contributed by atoms with Gasteiger partial charge in [-0.15, -0.1) is 0 Å². The molecule has 14 heavy (non-hydrogen) atoms. The molecule has 0 unspecified atom stereocenters. The Bertz CT molecular complexity index is 268. The molecule has 1 aromatic rings. The van der Waals surface area contributed by atoms with Crippen molar-refractivity contribution in [2.45, 2.75) is 12.0 Å². The maximum absolute atomic E-state index is 9.72. The average molecular weight is 196 g/mol. The summed E-state index contributed by atoms with van der Waals surface area (Å²) in [6.07, 6.45) is 2.55. The molecule has 3 N–H and O–H groups in total. The largest absolute Gasteiger partial charge is 0.469 e. The molecule has 0 spiro atoms. The number of hydrogen-bond acceptors (Lipinski definition) is 4.